The molecule has 18 heavy (non-hydrogen) atoms. The molecule has 4 nitrogen and oxygen atoms in total. The monoisotopic (exact) mass is 243 g/mol. The molecule has 0 radical (unpaired) electrons. The largest absolute Gasteiger partial charge is 0.343 e. The van der Waals surface area contributed by atoms with Crippen molar-refractivity contribution in [2.75, 3.05) is 0 Å². The van der Waals surface area contributed by atoms with Crippen molar-refractivity contribution in [3.63, 3.8) is 0 Å². The summed E-state index contributed by atoms with van der Waals surface area (Å²) < 4.78 is 4.75. The first-order chi connectivity index (χ1) is 8.93. The number of rotatable bonds is 3. The fourth-order valence-electron chi connectivity index (χ4n) is 2.62. The lowest BCUT2D eigenvalue weighted by atomic mass is 9.99. The van der Waals surface area contributed by atoms with Gasteiger partial charge in [0.15, 0.2) is 5.82 Å². The lowest BCUT2D eigenvalue weighted by molar-refractivity contribution is 0.401. The van der Waals surface area contributed by atoms with Crippen molar-refractivity contribution < 1.29 is 4.52 Å². The van der Waals surface area contributed by atoms with E-state index >= 15 is 0 Å². The van der Waals surface area contributed by atoms with Gasteiger partial charge in [-0.1, -0.05) is 35.8 Å². The van der Waals surface area contributed by atoms with Crippen LogP contribution in [0.2, 0.25) is 0 Å². The number of nitrogens with one attached hydrogen (secondary N) is 1. The van der Waals surface area contributed by atoms with Crippen molar-refractivity contribution >= 4 is 0 Å². The van der Waals surface area contributed by atoms with Gasteiger partial charge in [-0.05, 0) is 30.4 Å². The Hall–Kier alpha value is -1.68. The van der Waals surface area contributed by atoms with E-state index in [4.69, 9.17) is 4.52 Å². The minimum Gasteiger partial charge on any atom is -0.343 e. The standard InChI is InChI=1S/C14H17N3O/c1-3-7-12-11(5-1)6-2-4-8-13(12)15-9-14-16-10-18-17-14/h1,3,5,7,10,13,15H,2,4,6,8-9H2. The third kappa shape index (κ3) is 2.43. The second kappa shape index (κ2) is 5.31. The molecule has 1 heterocycles. The van der Waals surface area contributed by atoms with E-state index in [9.17, 15) is 0 Å². The maximum Gasteiger partial charge on any atom is 0.213 e. The maximum atomic E-state index is 4.75. The SMILES string of the molecule is c1ccc2c(c1)CCCCC2NCc1ncon1. The van der Waals surface area contributed by atoms with Crippen molar-refractivity contribution in [1.82, 2.24) is 15.5 Å². The van der Waals surface area contributed by atoms with Gasteiger partial charge < -0.3 is 9.84 Å². The van der Waals surface area contributed by atoms with Crippen molar-refractivity contribution in [1.29, 1.82) is 0 Å². The molecule has 0 amide bonds. The van der Waals surface area contributed by atoms with E-state index in [1.54, 1.807) is 0 Å². The number of aromatic nitrogens is 2. The molecule has 2 aromatic rings. The lowest BCUT2D eigenvalue weighted by Gasteiger charge is -2.18. The number of fused-ring (bicyclic) bond motifs is 1. The average Bonchev–Trinajstić information content (AvgIpc) is 2.84. The van der Waals surface area contributed by atoms with Gasteiger partial charge in [0, 0.05) is 6.04 Å². The molecule has 3 rings (SSSR count). The van der Waals surface area contributed by atoms with Gasteiger partial charge in [0.1, 0.15) is 0 Å². The first kappa shape index (κ1) is 11.4. The van der Waals surface area contributed by atoms with E-state index in [-0.39, 0.29) is 0 Å². The van der Waals surface area contributed by atoms with E-state index in [1.807, 2.05) is 0 Å². The minimum atomic E-state index is 0.405. The minimum absolute atomic E-state index is 0.405. The zero-order chi connectivity index (χ0) is 12.2. The summed E-state index contributed by atoms with van der Waals surface area (Å²) in [5.74, 6) is 0.719. The third-order valence-electron chi connectivity index (χ3n) is 3.53. The van der Waals surface area contributed by atoms with Gasteiger partial charge in [0.25, 0.3) is 0 Å². The van der Waals surface area contributed by atoms with Crippen LogP contribution in [0.3, 0.4) is 0 Å². The number of benzene rings is 1. The quantitative estimate of drug-likeness (QED) is 0.842. The molecule has 1 aromatic heterocycles. The molecule has 1 N–H and O–H groups in total. The second-order valence-electron chi connectivity index (χ2n) is 4.73. The number of hydrogen-bond donors (Lipinski definition) is 1. The van der Waals surface area contributed by atoms with Gasteiger partial charge in [0.05, 0.1) is 6.54 Å². The van der Waals surface area contributed by atoms with Crippen LogP contribution < -0.4 is 5.32 Å². The highest BCUT2D eigenvalue weighted by molar-refractivity contribution is 5.31. The lowest BCUT2D eigenvalue weighted by Crippen LogP contribution is -2.21. The van der Waals surface area contributed by atoms with Crippen LogP contribution in [0.1, 0.15) is 42.3 Å². The predicted octanol–water partition coefficient (Wildman–Crippen LogP) is 2.63. The Kier molecular flexibility index (Phi) is 3.37. The summed E-state index contributed by atoms with van der Waals surface area (Å²) in [5, 5.41) is 7.37. The molecular formula is C14H17N3O. The fourth-order valence-corrected chi connectivity index (χ4v) is 2.62. The van der Waals surface area contributed by atoms with Gasteiger partial charge in [-0.2, -0.15) is 4.98 Å². The molecule has 1 atom stereocenters. The first-order valence-electron chi connectivity index (χ1n) is 6.50. The number of nitrogens with zero attached hydrogens (tertiary/aromatic N) is 2. The van der Waals surface area contributed by atoms with E-state index in [1.165, 1.54) is 43.2 Å². The third-order valence-corrected chi connectivity index (χ3v) is 3.53. The number of aryl methyl sites for hydroxylation is 1. The topological polar surface area (TPSA) is 51.0 Å². The average molecular weight is 243 g/mol. The molecule has 4 heteroatoms. The molecule has 0 bridgehead atoms. The van der Waals surface area contributed by atoms with Crippen molar-refractivity contribution in [2.24, 2.45) is 0 Å². The molecule has 0 aliphatic heterocycles. The molecule has 0 saturated heterocycles. The van der Waals surface area contributed by atoms with Crippen LogP contribution in [-0.4, -0.2) is 10.1 Å². The molecule has 94 valence electrons. The van der Waals surface area contributed by atoms with Crippen LogP contribution in [0.4, 0.5) is 0 Å². The highest BCUT2D eigenvalue weighted by Gasteiger charge is 2.18. The molecule has 1 aliphatic carbocycles. The van der Waals surface area contributed by atoms with Gasteiger partial charge in [-0.25, -0.2) is 0 Å². The molecule has 0 saturated carbocycles. The van der Waals surface area contributed by atoms with Gasteiger partial charge in [-0.15, -0.1) is 0 Å². The Morgan fingerprint density at radius 1 is 1.28 bits per heavy atom. The van der Waals surface area contributed by atoms with Crippen LogP contribution in [0.15, 0.2) is 35.2 Å². The highest BCUT2D eigenvalue weighted by Crippen LogP contribution is 2.28. The molecular weight excluding hydrogens is 226 g/mol. The van der Waals surface area contributed by atoms with Crippen molar-refractivity contribution in [2.45, 2.75) is 38.3 Å². The normalized spacial score (nSPS) is 19.2. The Labute approximate surface area is 106 Å². The second-order valence-corrected chi connectivity index (χ2v) is 4.73. The Morgan fingerprint density at radius 3 is 3.11 bits per heavy atom. The van der Waals surface area contributed by atoms with Gasteiger partial charge >= 0.3 is 0 Å². The van der Waals surface area contributed by atoms with E-state index < -0.39 is 0 Å². The van der Waals surface area contributed by atoms with Crippen molar-refractivity contribution in [3.05, 3.63) is 47.6 Å². The molecule has 0 spiro atoms. The summed E-state index contributed by atoms with van der Waals surface area (Å²) in [6, 6.07) is 9.12. The fraction of sp³-hybridized carbons (Fsp3) is 0.429. The van der Waals surface area contributed by atoms with E-state index in [2.05, 4.69) is 39.7 Å². The van der Waals surface area contributed by atoms with Crippen LogP contribution in [0.5, 0.6) is 0 Å². The van der Waals surface area contributed by atoms with E-state index in [0.717, 1.165) is 5.82 Å². The number of hydrogen-bond acceptors (Lipinski definition) is 4. The first-order valence-corrected chi connectivity index (χ1v) is 6.50. The maximum absolute atomic E-state index is 4.75. The Bertz CT molecular complexity index is 496. The van der Waals surface area contributed by atoms with Crippen molar-refractivity contribution in [3.8, 4) is 0 Å². The predicted molar refractivity (Wildman–Crippen MR) is 67.9 cm³/mol. The Balaban J connectivity index is 1.75. The highest BCUT2D eigenvalue weighted by atomic mass is 16.5. The molecule has 1 unspecified atom stereocenters. The molecule has 1 aromatic carbocycles. The zero-order valence-electron chi connectivity index (χ0n) is 10.3. The summed E-state index contributed by atoms with van der Waals surface area (Å²) in [4.78, 5) is 4.04. The van der Waals surface area contributed by atoms with E-state index in [0.29, 0.717) is 12.6 Å². The molecule has 0 fully saturated rings. The van der Waals surface area contributed by atoms with Gasteiger partial charge in [0.2, 0.25) is 6.39 Å². The summed E-state index contributed by atoms with van der Waals surface area (Å²) in [6.45, 7) is 0.662. The van der Waals surface area contributed by atoms with Crippen LogP contribution in [0, 0.1) is 0 Å². The van der Waals surface area contributed by atoms with Crippen LogP contribution in [-0.2, 0) is 13.0 Å². The summed E-state index contributed by atoms with van der Waals surface area (Å²) in [6.07, 6.45) is 6.28. The Morgan fingerprint density at radius 2 is 2.22 bits per heavy atom. The summed E-state index contributed by atoms with van der Waals surface area (Å²) >= 11 is 0. The smallest absolute Gasteiger partial charge is 0.213 e. The molecule has 1 aliphatic rings. The summed E-state index contributed by atoms with van der Waals surface area (Å²) in [5.41, 5.74) is 2.90. The van der Waals surface area contributed by atoms with Crippen LogP contribution >= 0.6 is 0 Å². The van der Waals surface area contributed by atoms with Crippen LogP contribution in [0.25, 0.3) is 0 Å². The summed E-state index contributed by atoms with van der Waals surface area (Å²) in [7, 11) is 0. The zero-order valence-corrected chi connectivity index (χ0v) is 10.3. The van der Waals surface area contributed by atoms with Gasteiger partial charge in [-0.3, -0.25) is 0 Å².